The number of primary sulfonamides is 1. The SMILES string of the molecule is C[C@@H]1COCCN1c1nc(-n2cnc3ccccc32)nc(C2(S(N)(=O)=O)CC2)n1. The van der Waals surface area contributed by atoms with Crippen molar-refractivity contribution in [2.45, 2.75) is 30.6 Å². The Morgan fingerprint density at radius 1 is 1.17 bits per heavy atom. The first-order valence-corrected chi connectivity index (χ1v) is 11.0. The van der Waals surface area contributed by atoms with Crippen LogP contribution in [-0.4, -0.2) is 58.7 Å². The first-order valence-electron chi connectivity index (χ1n) is 9.45. The molecule has 3 aromatic rings. The van der Waals surface area contributed by atoms with E-state index >= 15 is 0 Å². The number of sulfonamides is 1. The fraction of sp³-hybridized carbons (Fsp3) is 0.444. The van der Waals surface area contributed by atoms with Crippen LogP contribution in [0.4, 0.5) is 5.95 Å². The predicted molar refractivity (Wildman–Crippen MR) is 106 cm³/mol. The number of rotatable bonds is 4. The average Bonchev–Trinajstić information content (AvgIpc) is 3.42. The molecule has 1 aliphatic heterocycles. The normalized spacial score (nSPS) is 21.4. The Labute approximate surface area is 167 Å². The molecular weight excluding hydrogens is 394 g/mol. The number of hydrogen-bond donors (Lipinski definition) is 1. The monoisotopic (exact) mass is 415 g/mol. The van der Waals surface area contributed by atoms with Gasteiger partial charge in [0.25, 0.3) is 0 Å². The number of nitrogens with zero attached hydrogens (tertiary/aromatic N) is 6. The van der Waals surface area contributed by atoms with E-state index in [1.165, 1.54) is 0 Å². The zero-order valence-electron chi connectivity index (χ0n) is 15.9. The number of aromatic nitrogens is 5. The van der Waals surface area contributed by atoms with E-state index in [4.69, 9.17) is 9.88 Å². The maximum Gasteiger partial charge on any atom is 0.240 e. The second-order valence-electron chi connectivity index (χ2n) is 7.52. The highest BCUT2D eigenvalue weighted by Gasteiger charge is 2.57. The molecule has 2 N–H and O–H groups in total. The van der Waals surface area contributed by atoms with E-state index in [-0.39, 0.29) is 11.9 Å². The minimum atomic E-state index is -3.85. The van der Waals surface area contributed by atoms with Gasteiger partial charge < -0.3 is 9.64 Å². The zero-order chi connectivity index (χ0) is 20.2. The van der Waals surface area contributed by atoms with Gasteiger partial charge in [0, 0.05) is 6.54 Å². The van der Waals surface area contributed by atoms with Crippen molar-refractivity contribution >= 4 is 27.0 Å². The third kappa shape index (κ3) is 2.96. The van der Waals surface area contributed by atoms with Crippen molar-refractivity contribution in [1.29, 1.82) is 0 Å². The highest BCUT2D eigenvalue weighted by Crippen LogP contribution is 2.50. The topological polar surface area (TPSA) is 129 Å². The minimum Gasteiger partial charge on any atom is -0.377 e. The molecule has 11 heteroatoms. The summed E-state index contributed by atoms with van der Waals surface area (Å²) in [7, 11) is -3.85. The van der Waals surface area contributed by atoms with Crippen molar-refractivity contribution < 1.29 is 13.2 Å². The van der Waals surface area contributed by atoms with E-state index in [1.807, 2.05) is 36.1 Å². The summed E-state index contributed by atoms with van der Waals surface area (Å²) in [6, 6.07) is 7.66. The maximum atomic E-state index is 12.3. The van der Waals surface area contributed by atoms with Gasteiger partial charge in [0.05, 0.1) is 30.3 Å². The number of imidazole rings is 1. The molecule has 1 saturated carbocycles. The molecule has 0 radical (unpaired) electrons. The molecule has 10 nitrogen and oxygen atoms in total. The van der Waals surface area contributed by atoms with Crippen LogP contribution in [0.25, 0.3) is 17.0 Å². The molecule has 1 atom stereocenters. The molecule has 0 bridgehead atoms. The fourth-order valence-electron chi connectivity index (χ4n) is 3.69. The van der Waals surface area contributed by atoms with Crippen LogP contribution >= 0.6 is 0 Å². The van der Waals surface area contributed by atoms with E-state index < -0.39 is 14.8 Å². The van der Waals surface area contributed by atoms with Crippen LogP contribution in [0.1, 0.15) is 25.6 Å². The van der Waals surface area contributed by atoms with Gasteiger partial charge in [0.2, 0.25) is 21.9 Å². The van der Waals surface area contributed by atoms with Crippen molar-refractivity contribution in [2.75, 3.05) is 24.7 Å². The van der Waals surface area contributed by atoms with Crippen LogP contribution in [0, 0.1) is 0 Å². The summed E-state index contributed by atoms with van der Waals surface area (Å²) in [5.74, 6) is 0.942. The number of hydrogen-bond acceptors (Lipinski definition) is 8. The third-order valence-electron chi connectivity index (χ3n) is 5.56. The van der Waals surface area contributed by atoms with Crippen molar-refractivity contribution in [2.24, 2.45) is 5.14 Å². The Balaban J connectivity index is 1.71. The van der Waals surface area contributed by atoms with Gasteiger partial charge >= 0.3 is 0 Å². The van der Waals surface area contributed by atoms with Crippen molar-refractivity contribution in [1.82, 2.24) is 24.5 Å². The van der Waals surface area contributed by atoms with E-state index in [0.717, 1.165) is 11.0 Å². The molecule has 2 fully saturated rings. The lowest BCUT2D eigenvalue weighted by molar-refractivity contribution is 0.0980. The summed E-state index contributed by atoms with van der Waals surface area (Å²) in [4.78, 5) is 20.1. The van der Waals surface area contributed by atoms with Crippen LogP contribution in [0.15, 0.2) is 30.6 Å². The van der Waals surface area contributed by atoms with Gasteiger partial charge in [-0.25, -0.2) is 18.5 Å². The molecule has 0 unspecified atom stereocenters. The first kappa shape index (κ1) is 18.4. The number of morpholine rings is 1. The van der Waals surface area contributed by atoms with Crippen LogP contribution in [-0.2, 0) is 19.5 Å². The molecule has 3 heterocycles. The molecule has 0 amide bonds. The van der Waals surface area contributed by atoms with Gasteiger partial charge in [-0.05, 0) is 31.9 Å². The third-order valence-corrected chi connectivity index (χ3v) is 7.24. The molecule has 1 aliphatic carbocycles. The van der Waals surface area contributed by atoms with Crippen LogP contribution in [0.5, 0.6) is 0 Å². The molecule has 5 rings (SSSR count). The molecule has 1 saturated heterocycles. The fourth-order valence-corrected chi connectivity index (χ4v) is 4.70. The number of benzene rings is 1. The molecular formula is C18H21N7O3S. The molecule has 2 aromatic heterocycles. The van der Waals surface area contributed by atoms with Crippen LogP contribution < -0.4 is 10.0 Å². The number of fused-ring (bicyclic) bond motifs is 1. The zero-order valence-corrected chi connectivity index (χ0v) is 16.7. The van der Waals surface area contributed by atoms with Crippen LogP contribution in [0.3, 0.4) is 0 Å². The lowest BCUT2D eigenvalue weighted by Crippen LogP contribution is -2.45. The van der Waals surface area contributed by atoms with Gasteiger partial charge in [-0.2, -0.15) is 15.0 Å². The molecule has 2 aliphatic rings. The summed E-state index contributed by atoms with van der Waals surface area (Å²) < 4.78 is 30.6. The standard InChI is InChI=1S/C18H21N7O3S/c1-12-10-28-9-8-24(12)16-21-15(18(6-7-18)29(19,26)27)22-17(23-16)25-11-20-13-4-2-3-5-14(13)25/h2-5,11-12H,6-10H2,1H3,(H2,19,26,27)/t12-/m1/s1. The number of anilines is 1. The van der Waals surface area contributed by atoms with Crippen molar-refractivity contribution in [3.8, 4) is 5.95 Å². The Morgan fingerprint density at radius 3 is 2.66 bits per heavy atom. The quantitative estimate of drug-likeness (QED) is 0.660. The number of ether oxygens (including phenoxy) is 1. The lowest BCUT2D eigenvalue weighted by Gasteiger charge is -2.33. The molecule has 1 aromatic carbocycles. The predicted octanol–water partition coefficient (Wildman–Crippen LogP) is 0.713. The number of para-hydroxylation sites is 2. The Kier molecular flexibility index (Phi) is 4.09. The maximum absolute atomic E-state index is 12.3. The summed E-state index contributed by atoms with van der Waals surface area (Å²) >= 11 is 0. The summed E-state index contributed by atoms with van der Waals surface area (Å²) in [5, 5.41) is 5.54. The van der Waals surface area contributed by atoms with Gasteiger partial charge in [-0.3, -0.25) is 4.57 Å². The van der Waals surface area contributed by atoms with Crippen molar-refractivity contribution in [3.63, 3.8) is 0 Å². The Hall–Kier alpha value is -2.63. The average molecular weight is 415 g/mol. The highest BCUT2D eigenvalue weighted by molar-refractivity contribution is 7.90. The van der Waals surface area contributed by atoms with Crippen LogP contribution in [0.2, 0.25) is 0 Å². The van der Waals surface area contributed by atoms with Gasteiger partial charge in [0.15, 0.2) is 5.82 Å². The molecule has 152 valence electrons. The minimum absolute atomic E-state index is 0.0519. The van der Waals surface area contributed by atoms with Gasteiger partial charge in [-0.1, -0.05) is 12.1 Å². The smallest absolute Gasteiger partial charge is 0.240 e. The van der Waals surface area contributed by atoms with Crippen molar-refractivity contribution in [3.05, 3.63) is 36.4 Å². The second-order valence-corrected chi connectivity index (χ2v) is 9.39. The lowest BCUT2D eigenvalue weighted by atomic mass is 10.3. The van der Waals surface area contributed by atoms with Gasteiger partial charge in [-0.15, -0.1) is 0 Å². The summed E-state index contributed by atoms with van der Waals surface area (Å²) in [5.41, 5.74) is 1.62. The Morgan fingerprint density at radius 2 is 1.93 bits per heavy atom. The molecule has 0 spiro atoms. The summed E-state index contributed by atoms with van der Waals surface area (Å²) in [6.07, 6.45) is 2.43. The number of nitrogens with two attached hydrogens (primary N) is 1. The largest absolute Gasteiger partial charge is 0.377 e. The molecule has 29 heavy (non-hydrogen) atoms. The first-order chi connectivity index (χ1) is 13.9. The van der Waals surface area contributed by atoms with Gasteiger partial charge in [0.1, 0.15) is 11.1 Å². The highest BCUT2D eigenvalue weighted by atomic mass is 32.2. The second kappa shape index (κ2) is 6.44. The van der Waals surface area contributed by atoms with E-state index in [2.05, 4.69) is 19.9 Å². The van der Waals surface area contributed by atoms with E-state index in [1.54, 1.807) is 10.9 Å². The van der Waals surface area contributed by atoms with E-state index in [9.17, 15) is 8.42 Å². The summed E-state index contributed by atoms with van der Waals surface area (Å²) in [6.45, 7) is 3.72. The van der Waals surface area contributed by atoms with E-state index in [0.29, 0.717) is 44.5 Å². The Bertz CT molecular complexity index is 1190.